The molecule has 0 fully saturated rings. The monoisotopic (exact) mass is 327 g/mol. The third kappa shape index (κ3) is 4.05. The zero-order valence-corrected chi connectivity index (χ0v) is 13.3. The van der Waals surface area contributed by atoms with E-state index in [9.17, 15) is 4.39 Å². The van der Waals surface area contributed by atoms with Gasteiger partial charge in [-0.3, -0.25) is 0 Å². The minimum atomic E-state index is -0.298. The minimum absolute atomic E-state index is 0.298. The van der Waals surface area contributed by atoms with E-state index in [1.807, 2.05) is 0 Å². The van der Waals surface area contributed by atoms with Gasteiger partial charge in [0, 0.05) is 18.2 Å². The zero-order valence-electron chi connectivity index (χ0n) is 12.6. The van der Waals surface area contributed by atoms with Crippen LogP contribution in [0.5, 0.6) is 0 Å². The van der Waals surface area contributed by atoms with Gasteiger partial charge in [0.25, 0.3) is 0 Å². The second-order valence-electron chi connectivity index (χ2n) is 5.25. The fourth-order valence-corrected chi connectivity index (χ4v) is 2.32. The molecule has 0 aliphatic carbocycles. The maximum absolute atomic E-state index is 13.0. The van der Waals surface area contributed by atoms with Gasteiger partial charge in [-0.05, 0) is 36.8 Å². The van der Waals surface area contributed by atoms with Gasteiger partial charge < -0.3 is 5.32 Å². The summed E-state index contributed by atoms with van der Waals surface area (Å²) in [4.78, 5) is 8.63. The summed E-state index contributed by atoms with van der Waals surface area (Å²) in [5, 5.41) is 3.57. The van der Waals surface area contributed by atoms with Crippen LogP contribution in [0.25, 0.3) is 11.4 Å². The van der Waals surface area contributed by atoms with Crippen LogP contribution in [0.3, 0.4) is 0 Å². The fraction of sp³-hybridized carbons (Fsp3) is 0.111. The Morgan fingerprint density at radius 1 is 1.00 bits per heavy atom. The summed E-state index contributed by atoms with van der Waals surface area (Å²) >= 11 is 6.07. The second-order valence-corrected chi connectivity index (χ2v) is 5.63. The van der Waals surface area contributed by atoms with Crippen molar-refractivity contribution >= 4 is 17.4 Å². The third-order valence-electron chi connectivity index (χ3n) is 3.39. The molecule has 1 aromatic heterocycles. The molecule has 1 N–H and O–H groups in total. The fourth-order valence-electron chi connectivity index (χ4n) is 2.13. The van der Waals surface area contributed by atoms with Gasteiger partial charge in [0.15, 0.2) is 5.82 Å². The first-order valence-electron chi connectivity index (χ1n) is 7.20. The Balaban J connectivity index is 1.80. The Morgan fingerprint density at radius 2 is 1.70 bits per heavy atom. The van der Waals surface area contributed by atoms with Crippen LogP contribution in [0.4, 0.5) is 10.2 Å². The summed E-state index contributed by atoms with van der Waals surface area (Å²) in [5.74, 6) is 0.794. The first-order valence-corrected chi connectivity index (χ1v) is 7.58. The van der Waals surface area contributed by atoms with Crippen molar-refractivity contribution in [2.75, 3.05) is 5.32 Å². The van der Waals surface area contributed by atoms with Gasteiger partial charge in [-0.25, -0.2) is 14.4 Å². The van der Waals surface area contributed by atoms with E-state index in [0.29, 0.717) is 28.9 Å². The molecule has 0 aliphatic heterocycles. The van der Waals surface area contributed by atoms with E-state index >= 15 is 0 Å². The van der Waals surface area contributed by atoms with Crippen molar-refractivity contribution in [1.29, 1.82) is 0 Å². The Labute approximate surface area is 139 Å². The molecule has 2 aromatic carbocycles. The van der Waals surface area contributed by atoms with Gasteiger partial charge in [0.2, 0.25) is 0 Å². The average molecular weight is 328 g/mol. The summed E-state index contributed by atoms with van der Waals surface area (Å²) in [5.41, 5.74) is 3.08. The quantitative estimate of drug-likeness (QED) is 0.696. The molecule has 0 bridgehead atoms. The number of hydrogen-bond acceptors (Lipinski definition) is 3. The van der Waals surface area contributed by atoms with Crippen molar-refractivity contribution in [2.45, 2.75) is 13.5 Å². The van der Waals surface area contributed by atoms with Crippen LogP contribution < -0.4 is 5.32 Å². The minimum Gasteiger partial charge on any atom is -0.366 e. The number of halogens is 2. The van der Waals surface area contributed by atoms with E-state index < -0.39 is 0 Å². The van der Waals surface area contributed by atoms with Crippen molar-refractivity contribution in [1.82, 2.24) is 9.97 Å². The van der Waals surface area contributed by atoms with Gasteiger partial charge in [0.1, 0.15) is 16.8 Å². The van der Waals surface area contributed by atoms with Crippen LogP contribution >= 0.6 is 11.6 Å². The number of rotatable bonds is 4. The van der Waals surface area contributed by atoms with Crippen molar-refractivity contribution in [3.63, 3.8) is 0 Å². The van der Waals surface area contributed by atoms with Crippen LogP contribution in [-0.4, -0.2) is 9.97 Å². The van der Waals surface area contributed by atoms with Gasteiger partial charge in [-0.2, -0.15) is 0 Å². The lowest BCUT2D eigenvalue weighted by atomic mass is 10.1. The predicted octanol–water partition coefficient (Wildman–Crippen LogP) is 4.86. The van der Waals surface area contributed by atoms with Crippen molar-refractivity contribution < 1.29 is 4.39 Å². The summed E-state index contributed by atoms with van der Waals surface area (Å²) in [6.07, 6.45) is 0. The van der Waals surface area contributed by atoms with E-state index in [2.05, 4.69) is 46.5 Å². The third-order valence-corrected chi connectivity index (χ3v) is 3.59. The number of aryl methyl sites for hydroxylation is 1. The molecule has 0 amide bonds. The maximum atomic E-state index is 13.0. The van der Waals surface area contributed by atoms with E-state index in [4.69, 9.17) is 11.6 Å². The van der Waals surface area contributed by atoms with E-state index in [-0.39, 0.29) is 5.82 Å². The summed E-state index contributed by atoms with van der Waals surface area (Å²) < 4.78 is 13.0. The number of nitrogens with zero attached hydrogens (tertiary/aromatic N) is 2. The topological polar surface area (TPSA) is 37.8 Å². The lowest BCUT2D eigenvalue weighted by Crippen LogP contribution is -2.03. The Hall–Kier alpha value is -2.46. The Bertz CT molecular complexity index is 802. The van der Waals surface area contributed by atoms with Crippen molar-refractivity contribution in [2.24, 2.45) is 0 Å². The highest BCUT2D eigenvalue weighted by Crippen LogP contribution is 2.21. The first kappa shape index (κ1) is 15.4. The summed E-state index contributed by atoms with van der Waals surface area (Å²) in [6.45, 7) is 2.69. The highest BCUT2D eigenvalue weighted by Gasteiger charge is 2.06. The zero-order chi connectivity index (χ0) is 16.2. The Morgan fingerprint density at radius 3 is 2.39 bits per heavy atom. The highest BCUT2D eigenvalue weighted by atomic mass is 35.5. The molecule has 116 valence electrons. The second kappa shape index (κ2) is 6.75. The standard InChI is InChI=1S/C18H15ClFN3/c1-12-2-4-13(5-3-12)11-21-17-10-16(19)22-18(23-17)14-6-8-15(20)9-7-14/h2-10H,11H2,1H3,(H,21,22,23). The number of benzene rings is 2. The molecule has 1 heterocycles. The number of anilines is 1. The van der Waals surface area contributed by atoms with Crippen LogP contribution in [-0.2, 0) is 6.54 Å². The maximum Gasteiger partial charge on any atom is 0.163 e. The average Bonchev–Trinajstić information content (AvgIpc) is 2.54. The van der Waals surface area contributed by atoms with Crippen LogP contribution in [0, 0.1) is 12.7 Å². The Kier molecular flexibility index (Phi) is 4.53. The van der Waals surface area contributed by atoms with Gasteiger partial charge in [-0.1, -0.05) is 41.4 Å². The summed E-state index contributed by atoms with van der Waals surface area (Å²) in [7, 11) is 0. The van der Waals surface area contributed by atoms with E-state index in [1.165, 1.54) is 17.7 Å². The summed E-state index contributed by atoms with van der Waals surface area (Å²) in [6, 6.07) is 15.9. The smallest absolute Gasteiger partial charge is 0.163 e. The molecule has 5 heteroatoms. The molecule has 3 aromatic rings. The highest BCUT2D eigenvalue weighted by molar-refractivity contribution is 6.29. The van der Waals surface area contributed by atoms with Crippen LogP contribution in [0.15, 0.2) is 54.6 Å². The van der Waals surface area contributed by atoms with E-state index in [0.717, 1.165) is 5.56 Å². The normalized spacial score (nSPS) is 10.6. The molecule has 0 atom stereocenters. The van der Waals surface area contributed by atoms with Gasteiger partial charge in [0.05, 0.1) is 0 Å². The van der Waals surface area contributed by atoms with Gasteiger partial charge >= 0.3 is 0 Å². The van der Waals surface area contributed by atoms with Gasteiger partial charge in [-0.15, -0.1) is 0 Å². The van der Waals surface area contributed by atoms with Crippen molar-refractivity contribution in [3.05, 3.63) is 76.7 Å². The SMILES string of the molecule is Cc1ccc(CNc2cc(Cl)nc(-c3ccc(F)cc3)n2)cc1. The molecule has 3 rings (SSSR count). The number of hydrogen-bond donors (Lipinski definition) is 1. The van der Waals surface area contributed by atoms with Crippen LogP contribution in [0.2, 0.25) is 5.15 Å². The van der Waals surface area contributed by atoms with Crippen LogP contribution in [0.1, 0.15) is 11.1 Å². The van der Waals surface area contributed by atoms with Crippen molar-refractivity contribution in [3.8, 4) is 11.4 Å². The predicted molar refractivity (Wildman–Crippen MR) is 90.9 cm³/mol. The molecule has 0 aliphatic rings. The molecule has 23 heavy (non-hydrogen) atoms. The number of aromatic nitrogens is 2. The molecule has 0 saturated carbocycles. The molecule has 3 nitrogen and oxygen atoms in total. The molecule has 0 unspecified atom stereocenters. The van der Waals surface area contributed by atoms with E-state index in [1.54, 1.807) is 18.2 Å². The molecule has 0 saturated heterocycles. The molecule has 0 radical (unpaired) electrons. The first-order chi connectivity index (χ1) is 11.1. The lowest BCUT2D eigenvalue weighted by molar-refractivity contribution is 0.628. The largest absolute Gasteiger partial charge is 0.366 e. The molecular formula is C18H15ClFN3. The molecule has 0 spiro atoms. The lowest BCUT2D eigenvalue weighted by Gasteiger charge is -2.08. The molecular weight excluding hydrogens is 313 g/mol. The number of nitrogens with one attached hydrogen (secondary N) is 1.